The molecule has 2 aromatic carbocycles. The summed E-state index contributed by atoms with van der Waals surface area (Å²) in [5, 5.41) is 2.44. The Hall–Kier alpha value is -1.58. The summed E-state index contributed by atoms with van der Waals surface area (Å²) in [5.74, 6) is 1.17. The predicted molar refractivity (Wildman–Crippen MR) is 83.5 cm³/mol. The number of rotatable bonds is 4. The maximum atomic E-state index is 5.80. The lowest BCUT2D eigenvalue weighted by Gasteiger charge is -2.30. The van der Waals surface area contributed by atoms with Crippen molar-refractivity contribution in [2.75, 3.05) is 20.3 Å². The summed E-state index contributed by atoms with van der Waals surface area (Å²) >= 11 is 0. The minimum absolute atomic E-state index is 0.0821. The lowest BCUT2D eigenvalue weighted by atomic mass is 9.94. The van der Waals surface area contributed by atoms with Crippen LogP contribution in [0.3, 0.4) is 0 Å². The van der Waals surface area contributed by atoms with E-state index in [0.29, 0.717) is 13.2 Å². The minimum Gasteiger partial charge on any atom is -0.497 e. The monoisotopic (exact) mass is 285 g/mol. The van der Waals surface area contributed by atoms with Gasteiger partial charge in [0.2, 0.25) is 0 Å². The molecule has 0 bridgehead atoms. The van der Waals surface area contributed by atoms with Gasteiger partial charge in [-0.3, -0.25) is 0 Å². The molecule has 0 aliphatic carbocycles. The van der Waals surface area contributed by atoms with Crippen molar-refractivity contribution in [3.05, 3.63) is 48.4 Å². The molecule has 1 radical (unpaired) electrons. The van der Waals surface area contributed by atoms with Gasteiger partial charge in [-0.05, 0) is 34.9 Å². The van der Waals surface area contributed by atoms with Crippen molar-refractivity contribution in [2.24, 2.45) is 0 Å². The van der Waals surface area contributed by atoms with Crippen LogP contribution < -0.4 is 4.74 Å². The maximum Gasteiger partial charge on any atom is 0.157 e. The number of hydrogen-bond acceptors (Lipinski definition) is 3. The molecule has 3 nitrogen and oxygen atoms in total. The van der Waals surface area contributed by atoms with E-state index in [4.69, 9.17) is 14.2 Å². The molecule has 2 aromatic rings. The van der Waals surface area contributed by atoms with Crippen molar-refractivity contribution in [3.8, 4) is 5.75 Å². The van der Waals surface area contributed by atoms with E-state index in [-0.39, 0.29) is 12.2 Å². The van der Waals surface area contributed by atoms with Crippen LogP contribution in [0.4, 0.5) is 0 Å². The Bertz CT molecular complexity index is 600. The Labute approximate surface area is 125 Å². The van der Waals surface area contributed by atoms with E-state index in [2.05, 4.69) is 36.8 Å². The van der Waals surface area contributed by atoms with E-state index in [1.165, 1.54) is 16.3 Å². The van der Waals surface area contributed by atoms with Crippen LogP contribution in [-0.4, -0.2) is 26.6 Å². The molecule has 111 valence electrons. The van der Waals surface area contributed by atoms with Gasteiger partial charge in [0.15, 0.2) is 6.29 Å². The number of hydrogen-bond donors (Lipinski definition) is 0. The highest BCUT2D eigenvalue weighted by molar-refractivity contribution is 5.87. The van der Waals surface area contributed by atoms with Gasteiger partial charge in [-0.25, -0.2) is 0 Å². The van der Waals surface area contributed by atoms with Gasteiger partial charge >= 0.3 is 0 Å². The summed E-state index contributed by atoms with van der Waals surface area (Å²) in [7, 11) is 1.69. The van der Waals surface area contributed by atoms with Crippen LogP contribution in [0, 0.1) is 6.42 Å². The zero-order valence-electron chi connectivity index (χ0n) is 12.5. The Morgan fingerprint density at radius 1 is 1.19 bits per heavy atom. The minimum atomic E-state index is -0.0821. The van der Waals surface area contributed by atoms with Crippen LogP contribution in [-0.2, 0) is 9.47 Å². The molecule has 0 unspecified atom stereocenters. The molecule has 1 saturated heterocycles. The second-order valence-corrected chi connectivity index (χ2v) is 5.37. The standard InChI is InChI=1S/C18H21O3/c1-3-5-18-20-11-14(12-21-18)16-7-4-6-13-10-15(19-2)8-9-17(13)16/h3-4,6-10,14,18H,5,11-12H2,1-2H3. The number of methoxy groups -OCH3 is 1. The topological polar surface area (TPSA) is 27.7 Å². The van der Waals surface area contributed by atoms with E-state index < -0.39 is 0 Å². The average Bonchev–Trinajstić information content (AvgIpc) is 2.55. The molecule has 0 N–H and O–H groups in total. The third-order valence-corrected chi connectivity index (χ3v) is 3.96. The fraction of sp³-hybridized carbons (Fsp3) is 0.389. The molecule has 1 heterocycles. The van der Waals surface area contributed by atoms with Crippen molar-refractivity contribution in [1.29, 1.82) is 0 Å². The quantitative estimate of drug-likeness (QED) is 0.852. The first-order valence-electron chi connectivity index (χ1n) is 7.39. The first-order chi connectivity index (χ1) is 10.3. The Balaban J connectivity index is 1.84. The fourth-order valence-corrected chi connectivity index (χ4v) is 2.82. The van der Waals surface area contributed by atoms with E-state index in [1.54, 1.807) is 7.11 Å². The van der Waals surface area contributed by atoms with Gasteiger partial charge in [0.05, 0.1) is 20.3 Å². The largest absolute Gasteiger partial charge is 0.497 e. The van der Waals surface area contributed by atoms with Gasteiger partial charge in [0.25, 0.3) is 0 Å². The third-order valence-electron chi connectivity index (χ3n) is 3.96. The predicted octanol–water partition coefficient (Wildman–Crippen LogP) is 3.92. The smallest absolute Gasteiger partial charge is 0.157 e. The summed E-state index contributed by atoms with van der Waals surface area (Å²) in [5.41, 5.74) is 1.29. The highest BCUT2D eigenvalue weighted by Crippen LogP contribution is 2.31. The van der Waals surface area contributed by atoms with Crippen molar-refractivity contribution in [3.63, 3.8) is 0 Å². The van der Waals surface area contributed by atoms with E-state index >= 15 is 0 Å². The van der Waals surface area contributed by atoms with Crippen molar-refractivity contribution in [1.82, 2.24) is 0 Å². The van der Waals surface area contributed by atoms with Crippen LogP contribution in [0.1, 0.15) is 24.8 Å². The molecule has 3 heteroatoms. The Morgan fingerprint density at radius 2 is 2.00 bits per heavy atom. The SMILES string of the molecule is C[CH]CC1OCC(c2cccc3cc(OC)ccc23)CO1. The summed E-state index contributed by atoms with van der Waals surface area (Å²) < 4.78 is 16.9. The molecule has 1 fully saturated rings. The summed E-state index contributed by atoms with van der Waals surface area (Å²) in [4.78, 5) is 0. The molecule has 1 aliphatic rings. The maximum absolute atomic E-state index is 5.80. The van der Waals surface area contributed by atoms with Crippen LogP contribution in [0.25, 0.3) is 10.8 Å². The van der Waals surface area contributed by atoms with Gasteiger partial charge in [-0.1, -0.05) is 31.2 Å². The molecule has 0 amide bonds. The molecular weight excluding hydrogens is 264 g/mol. The highest BCUT2D eigenvalue weighted by atomic mass is 16.7. The third kappa shape index (κ3) is 3.04. The molecule has 3 rings (SSSR count). The van der Waals surface area contributed by atoms with Crippen molar-refractivity contribution >= 4 is 10.8 Å². The molecule has 0 aromatic heterocycles. The van der Waals surface area contributed by atoms with Gasteiger partial charge in [0, 0.05) is 12.3 Å². The van der Waals surface area contributed by atoms with Crippen molar-refractivity contribution in [2.45, 2.75) is 25.6 Å². The van der Waals surface area contributed by atoms with Crippen LogP contribution in [0.15, 0.2) is 36.4 Å². The zero-order valence-corrected chi connectivity index (χ0v) is 12.5. The van der Waals surface area contributed by atoms with E-state index in [1.807, 2.05) is 13.0 Å². The first-order valence-corrected chi connectivity index (χ1v) is 7.39. The second kappa shape index (κ2) is 6.46. The van der Waals surface area contributed by atoms with Gasteiger partial charge in [-0.2, -0.15) is 0 Å². The highest BCUT2D eigenvalue weighted by Gasteiger charge is 2.24. The zero-order chi connectivity index (χ0) is 14.7. The van der Waals surface area contributed by atoms with Gasteiger partial charge < -0.3 is 14.2 Å². The average molecular weight is 285 g/mol. The molecule has 0 spiro atoms. The van der Waals surface area contributed by atoms with Crippen LogP contribution in [0.5, 0.6) is 5.75 Å². The summed E-state index contributed by atoms with van der Waals surface area (Å²) in [6, 6.07) is 12.6. The normalized spacial score (nSPS) is 22.4. The van der Waals surface area contributed by atoms with E-state index in [9.17, 15) is 0 Å². The van der Waals surface area contributed by atoms with Gasteiger partial charge in [0.1, 0.15) is 5.75 Å². The molecule has 0 atom stereocenters. The van der Waals surface area contributed by atoms with Gasteiger partial charge in [-0.15, -0.1) is 0 Å². The number of fused-ring (bicyclic) bond motifs is 1. The lowest BCUT2D eigenvalue weighted by Crippen LogP contribution is -2.30. The Kier molecular flexibility index (Phi) is 4.42. The lowest BCUT2D eigenvalue weighted by molar-refractivity contribution is -0.185. The van der Waals surface area contributed by atoms with Crippen LogP contribution >= 0.6 is 0 Å². The molecular formula is C18H21O3. The second-order valence-electron chi connectivity index (χ2n) is 5.37. The Morgan fingerprint density at radius 3 is 2.71 bits per heavy atom. The molecule has 1 aliphatic heterocycles. The first kappa shape index (κ1) is 14.4. The van der Waals surface area contributed by atoms with Crippen molar-refractivity contribution < 1.29 is 14.2 Å². The van der Waals surface area contributed by atoms with Crippen LogP contribution in [0.2, 0.25) is 0 Å². The number of ether oxygens (including phenoxy) is 3. The molecule has 21 heavy (non-hydrogen) atoms. The van der Waals surface area contributed by atoms with E-state index in [0.717, 1.165) is 12.2 Å². The molecule has 0 saturated carbocycles. The summed E-state index contributed by atoms with van der Waals surface area (Å²) in [6.45, 7) is 3.45. The fourth-order valence-electron chi connectivity index (χ4n) is 2.82. The number of benzene rings is 2. The summed E-state index contributed by atoms with van der Waals surface area (Å²) in [6.07, 6.45) is 2.84.